The smallest absolute Gasteiger partial charge is 0.141 e. The fourth-order valence-corrected chi connectivity index (χ4v) is 1.76. The Balaban J connectivity index is 1.87. The monoisotopic (exact) mass is 253 g/mol. The lowest BCUT2D eigenvalue weighted by molar-refractivity contribution is 0.461. The Bertz CT molecular complexity index is 510. The average Bonchev–Trinajstić information content (AvgIpc) is 2.70. The van der Waals surface area contributed by atoms with Gasteiger partial charge in [-0.1, -0.05) is 17.7 Å². The first-order chi connectivity index (χ1) is 8.15. The number of nitrogens with one attached hydrogen (secondary N) is 1. The molecule has 17 heavy (non-hydrogen) atoms. The molecule has 1 heterocycles. The van der Waals surface area contributed by atoms with Gasteiger partial charge in [-0.2, -0.15) is 0 Å². The Hall–Kier alpha value is -1.32. The molecule has 0 fully saturated rings. The van der Waals surface area contributed by atoms with Crippen LogP contribution in [0.5, 0.6) is 0 Å². The van der Waals surface area contributed by atoms with Crippen LogP contribution in [0.4, 0.5) is 4.39 Å². The van der Waals surface area contributed by atoms with Crippen molar-refractivity contribution in [3.05, 3.63) is 58.3 Å². The molecule has 0 amide bonds. The van der Waals surface area contributed by atoms with Gasteiger partial charge in [-0.25, -0.2) is 4.39 Å². The summed E-state index contributed by atoms with van der Waals surface area (Å²) in [5, 5.41) is 3.35. The SMILES string of the molecule is Cc1ccc(CNCc2ccc(F)c(Cl)c2)o1. The molecule has 0 saturated carbocycles. The van der Waals surface area contributed by atoms with Crippen LogP contribution in [0.3, 0.4) is 0 Å². The van der Waals surface area contributed by atoms with E-state index in [0.717, 1.165) is 17.1 Å². The Morgan fingerprint density at radius 1 is 1.24 bits per heavy atom. The summed E-state index contributed by atoms with van der Waals surface area (Å²) in [5.41, 5.74) is 0.944. The summed E-state index contributed by atoms with van der Waals surface area (Å²) < 4.78 is 18.3. The van der Waals surface area contributed by atoms with Crippen LogP contribution in [0.15, 0.2) is 34.7 Å². The van der Waals surface area contributed by atoms with Crippen LogP contribution >= 0.6 is 11.6 Å². The molecule has 1 N–H and O–H groups in total. The van der Waals surface area contributed by atoms with E-state index in [1.165, 1.54) is 6.07 Å². The summed E-state index contributed by atoms with van der Waals surface area (Å²) in [4.78, 5) is 0. The molecule has 0 aliphatic carbocycles. The minimum atomic E-state index is -0.392. The summed E-state index contributed by atoms with van der Waals surface area (Å²) in [5.74, 6) is 1.39. The van der Waals surface area contributed by atoms with Crippen molar-refractivity contribution in [2.75, 3.05) is 0 Å². The molecule has 0 saturated heterocycles. The Labute approximate surface area is 104 Å². The van der Waals surface area contributed by atoms with Gasteiger partial charge in [-0.15, -0.1) is 0 Å². The van der Waals surface area contributed by atoms with Crippen molar-refractivity contribution in [3.8, 4) is 0 Å². The maximum atomic E-state index is 12.9. The molecule has 0 unspecified atom stereocenters. The molecule has 0 aliphatic heterocycles. The number of halogens is 2. The zero-order chi connectivity index (χ0) is 12.3. The summed E-state index contributed by atoms with van der Waals surface area (Å²) in [6.45, 7) is 3.17. The van der Waals surface area contributed by atoms with Crippen LogP contribution in [0.1, 0.15) is 17.1 Å². The molecule has 0 spiro atoms. The average molecular weight is 254 g/mol. The van der Waals surface area contributed by atoms with Gasteiger partial charge in [0, 0.05) is 6.54 Å². The number of hydrogen-bond acceptors (Lipinski definition) is 2. The van der Waals surface area contributed by atoms with Crippen molar-refractivity contribution in [1.29, 1.82) is 0 Å². The van der Waals surface area contributed by atoms with Gasteiger partial charge < -0.3 is 9.73 Å². The fraction of sp³-hybridized carbons (Fsp3) is 0.231. The third-order valence-corrected chi connectivity index (χ3v) is 2.70. The number of furan rings is 1. The molecule has 90 valence electrons. The molecule has 4 heteroatoms. The molecule has 2 nitrogen and oxygen atoms in total. The van der Waals surface area contributed by atoms with E-state index in [1.807, 2.05) is 19.1 Å². The summed E-state index contributed by atoms with van der Waals surface area (Å²) in [6.07, 6.45) is 0. The molecular formula is C13H13ClFNO. The minimum Gasteiger partial charge on any atom is -0.465 e. The lowest BCUT2D eigenvalue weighted by Crippen LogP contribution is -2.12. The van der Waals surface area contributed by atoms with Crippen LogP contribution < -0.4 is 5.32 Å². The molecule has 2 aromatic rings. The Morgan fingerprint density at radius 2 is 2.06 bits per heavy atom. The van der Waals surface area contributed by atoms with E-state index in [4.69, 9.17) is 16.0 Å². The van der Waals surface area contributed by atoms with E-state index in [-0.39, 0.29) is 5.02 Å². The third-order valence-electron chi connectivity index (χ3n) is 2.41. The molecule has 1 aromatic heterocycles. The molecule has 2 rings (SSSR count). The highest BCUT2D eigenvalue weighted by Gasteiger charge is 2.01. The van der Waals surface area contributed by atoms with Crippen molar-refractivity contribution in [2.45, 2.75) is 20.0 Å². The van der Waals surface area contributed by atoms with Crippen LogP contribution in [-0.2, 0) is 13.1 Å². The maximum absolute atomic E-state index is 12.9. The number of hydrogen-bond donors (Lipinski definition) is 1. The van der Waals surface area contributed by atoms with E-state index in [0.29, 0.717) is 13.1 Å². The molecule has 1 aromatic carbocycles. The number of aryl methyl sites for hydroxylation is 1. The van der Waals surface area contributed by atoms with E-state index in [2.05, 4.69) is 5.32 Å². The topological polar surface area (TPSA) is 25.2 Å². The predicted octanol–water partition coefficient (Wildman–Crippen LogP) is 3.67. The molecule has 0 aliphatic rings. The van der Waals surface area contributed by atoms with Gasteiger partial charge in [0.05, 0.1) is 11.6 Å². The van der Waals surface area contributed by atoms with E-state index in [1.54, 1.807) is 12.1 Å². The summed E-state index contributed by atoms with van der Waals surface area (Å²) in [6, 6.07) is 8.56. The first-order valence-electron chi connectivity index (χ1n) is 5.35. The van der Waals surface area contributed by atoms with Gasteiger partial charge in [0.25, 0.3) is 0 Å². The standard InChI is InChI=1S/C13H13ClFNO/c1-9-2-4-11(17-9)8-16-7-10-3-5-13(15)12(14)6-10/h2-6,16H,7-8H2,1H3. The zero-order valence-electron chi connectivity index (χ0n) is 9.47. The van der Waals surface area contributed by atoms with Gasteiger partial charge in [0.1, 0.15) is 17.3 Å². The second kappa shape index (κ2) is 5.34. The highest BCUT2D eigenvalue weighted by atomic mass is 35.5. The Kier molecular flexibility index (Phi) is 3.82. The first-order valence-corrected chi connectivity index (χ1v) is 5.73. The fourth-order valence-electron chi connectivity index (χ4n) is 1.56. The molecule has 0 radical (unpaired) electrons. The number of benzene rings is 1. The highest BCUT2D eigenvalue weighted by Crippen LogP contribution is 2.16. The predicted molar refractivity (Wildman–Crippen MR) is 65.4 cm³/mol. The lowest BCUT2D eigenvalue weighted by atomic mass is 10.2. The maximum Gasteiger partial charge on any atom is 0.141 e. The molecule has 0 bridgehead atoms. The van der Waals surface area contributed by atoms with Crippen LogP contribution in [-0.4, -0.2) is 0 Å². The van der Waals surface area contributed by atoms with Crippen molar-refractivity contribution < 1.29 is 8.81 Å². The summed E-state index contributed by atoms with van der Waals surface area (Å²) >= 11 is 5.69. The highest BCUT2D eigenvalue weighted by molar-refractivity contribution is 6.30. The second-order valence-corrected chi connectivity index (χ2v) is 4.27. The van der Waals surface area contributed by atoms with Gasteiger partial charge in [0.15, 0.2) is 0 Å². The van der Waals surface area contributed by atoms with Crippen molar-refractivity contribution >= 4 is 11.6 Å². The Morgan fingerprint density at radius 3 is 2.71 bits per heavy atom. The number of rotatable bonds is 4. The van der Waals surface area contributed by atoms with Crippen molar-refractivity contribution in [3.63, 3.8) is 0 Å². The van der Waals surface area contributed by atoms with E-state index < -0.39 is 5.82 Å². The van der Waals surface area contributed by atoms with E-state index >= 15 is 0 Å². The van der Waals surface area contributed by atoms with Crippen LogP contribution in [0.25, 0.3) is 0 Å². The third kappa shape index (κ3) is 3.32. The second-order valence-electron chi connectivity index (χ2n) is 3.86. The molecule has 0 atom stereocenters. The van der Waals surface area contributed by atoms with Gasteiger partial charge >= 0.3 is 0 Å². The van der Waals surface area contributed by atoms with E-state index in [9.17, 15) is 4.39 Å². The normalized spacial score (nSPS) is 10.8. The quantitative estimate of drug-likeness (QED) is 0.899. The van der Waals surface area contributed by atoms with Crippen LogP contribution in [0.2, 0.25) is 5.02 Å². The van der Waals surface area contributed by atoms with Crippen LogP contribution in [0, 0.1) is 12.7 Å². The van der Waals surface area contributed by atoms with Gasteiger partial charge in [-0.05, 0) is 36.8 Å². The largest absolute Gasteiger partial charge is 0.465 e. The van der Waals surface area contributed by atoms with Gasteiger partial charge in [0.2, 0.25) is 0 Å². The summed E-state index contributed by atoms with van der Waals surface area (Å²) in [7, 11) is 0. The zero-order valence-corrected chi connectivity index (χ0v) is 10.2. The van der Waals surface area contributed by atoms with Crippen molar-refractivity contribution in [2.24, 2.45) is 0 Å². The van der Waals surface area contributed by atoms with Gasteiger partial charge in [-0.3, -0.25) is 0 Å². The first kappa shape index (κ1) is 12.1. The minimum absolute atomic E-state index is 0.151. The lowest BCUT2D eigenvalue weighted by Gasteiger charge is -2.04. The van der Waals surface area contributed by atoms with Crippen molar-refractivity contribution in [1.82, 2.24) is 5.32 Å². The molecular weight excluding hydrogens is 241 g/mol.